The largest absolute Gasteiger partial charge is 0.483 e. The Balaban J connectivity index is 1.82. The van der Waals surface area contributed by atoms with Crippen LogP contribution in [0.5, 0.6) is 5.75 Å². The second kappa shape index (κ2) is 9.74. The van der Waals surface area contributed by atoms with Gasteiger partial charge in [0.25, 0.3) is 5.91 Å². The number of likely N-dealkylation sites (tertiary alicyclic amines) is 1. The van der Waals surface area contributed by atoms with Gasteiger partial charge in [0.15, 0.2) is 6.61 Å². The van der Waals surface area contributed by atoms with Crippen molar-refractivity contribution in [3.05, 3.63) is 28.8 Å². The topological polar surface area (TPSA) is 67.9 Å². The average molecular weight is 376 g/mol. The van der Waals surface area contributed by atoms with Gasteiger partial charge in [0.05, 0.1) is 6.61 Å². The Kier molecular flexibility index (Phi) is 7.66. The molecule has 0 saturated carbocycles. The molecule has 0 bridgehead atoms. The van der Waals surface area contributed by atoms with E-state index in [2.05, 4.69) is 11.4 Å². The van der Waals surface area contributed by atoms with Crippen LogP contribution < -0.4 is 10.1 Å². The van der Waals surface area contributed by atoms with Crippen LogP contribution in [0.15, 0.2) is 12.1 Å². The maximum absolute atomic E-state index is 12.5. The minimum Gasteiger partial charge on any atom is -0.483 e. The third kappa shape index (κ3) is 5.70. The third-order valence-corrected chi connectivity index (χ3v) is 5.24. The summed E-state index contributed by atoms with van der Waals surface area (Å²) in [6.07, 6.45) is 1.36. The van der Waals surface area contributed by atoms with Gasteiger partial charge < -0.3 is 19.7 Å². The molecular formula is C21H32N2O4. The second-order valence-electron chi connectivity index (χ2n) is 7.46. The first-order chi connectivity index (χ1) is 12.8. The summed E-state index contributed by atoms with van der Waals surface area (Å²) in [6.45, 7) is 9.66. The van der Waals surface area contributed by atoms with Gasteiger partial charge in [-0.1, -0.05) is 12.1 Å². The molecule has 2 rings (SSSR count). The minimum absolute atomic E-state index is 0.00336. The predicted octanol–water partition coefficient (Wildman–Crippen LogP) is 2.38. The highest BCUT2D eigenvalue weighted by atomic mass is 16.5. The smallest absolute Gasteiger partial charge is 0.260 e. The lowest BCUT2D eigenvalue weighted by Gasteiger charge is -2.32. The van der Waals surface area contributed by atoms with Crippen molar-refractivity contribution in [2.75, 3.05) is 33.4 Å². The molecule has 1 fully saturated rings. The molecule has 1 heterocycles. The van der Waals surface area contributed by atoms with E-state index in [0.29, 0.717) is 32.5 Å². The fourth-order valence-corrected chi connectivity index (χ4v) is 3.42. The first-order valence-electron chi connectivity index (χ1n) is 9.60. The van der Waals surface area contributed by atoms with E-state index in [1.54, 1.807) is 12.0 Å². The Morgan fingerprint density at radius 3 is 2.44 bits per heavy atom. The lowest BCUT2D eigenvalue weighted by atomic mass is 9.95. The quantitative estimate of drug-likeness (QED) is 0.793. The van der Waals surface area contributed by atoms with Gasteiger partial charge in [0, 0.05) is 32.2 Å². The summed E-state index contributed by atoms with van der Waals surface area (Å²) in [6, 6.07) is 4.07. The molecule has 0 radical (unpaired) electrons. The van der Waals surface area contributed by atoms with Gasteiger partial charge in [0.2, 0.25) is 5.91 Å². The first kappa shape index (κ1) is 21.2. The number of rotatable bonds is 7. The van der Waals surface area contributed by atoms with E-state index in [0.717, 1.165) is 22.4 Å². The Labute approximate surface area is 162 Å². The van der Waals surface area contributed by atoms with Crippen LogP contribution in [0.25, 0.3) is 0 Å². The Morgan fingerprint density at radius 2 is 1.81 bits per heavy atom. The standard InChI is InChI=1S/C21H32N2O4/c1-14-6-7-15(2)20(17(14)4)27-13-19(24)23-10-8-18(9-11-23)21(25)22-16(3)12-26-5/h6-7,16,18H,8-13H2,1-5H3,(H,22,25). The number of amides is 2. The molecule has 6 heteroatoms. The van der Waals surface area contributed by atoms with Gasteiger partial charge in [-0.05, 0) is 57.2 Å². The summed E-state index contributed by atoms with van der Waals surface area (Å²) >= 11 is 0. The maximum Gasteiger partial charge on any atom is 0.260 e. The number of carbonyl (C=O) groups is 2. The van der Waals surface area contributed by atoms with E-state index in [9.17, 15) is 9.59 Å². The van der Waals surface area contributed by atoms with Gasteiger partial charge in [-0.2, -0.15) is 0 Å². The summed E-state index contributed by atoms with van der Waals surface area (Å²) in [4.78, 5) is 26.6. The third-order valence-electron chi connectivity index (χ3n) is 5.24. The molecule has 2 amide bonds. The predicted molar refractivity (Wildman–Crippen MR) is 105 cm³/mol. The summed E-state index contributed by atoms with van der Waals surface area (Å²) in [5, 5.41) is 2.97. The Bertz CT molecular complexity index is 666. The van der Waals surface area contributed by atoms with E-state index < -0.39 is 0 Å². The van der Waals surface area contributed by atoms with Crippen LogP contribution in [0, 0.1) is 26.7 Å². The normalized spacial score (nSPS) is 16.1. The molecule has 1 unspecified atom stereocenters. The van der Waals surface area contributed by atoms with Gasteiger partial charge in [0.1, 0.15) is 5.75 Å². The zero-order chi connectivity index (χ0) is 20.0. The van der Waals surface area contributed by atoms with E-state index >= 15 is 0 Å². The van der Waals surface area contributed by atoms with Crippen LogP contribution in [0.2, 0.25) is 0 Å². The maximum atomic E-state index is 12.5. The van der Waals surface area contributed by atoms with Crippen molar-refractivity contribution in [3.8, 4) is 5.75 Å². The number of hydrogen-bond donors (Lipinski definition) is 1. The monoisotopic (exact) mass is 376 g/mol. The highest BCUT2D eigenvalue weighted by Gasteiger charge is 2.28. The van der Waals surface area contributed by atoms with Gasteiger partial charge in [-0.15, -0.1) is 0 Å². The number of ether oxygens (including phenoxy) is 2. The average Bonchev–Trinajstić information content (AvgIpc) is 2.65. The van der Waals surface area contributed by atoms with Crippen molar-refractivity contribution >= 4 is 11.8 Å². The molecule has 0 aromatic heterocycles. The van der Waals surface area contributed by atoms with Crippen LogP contribution in [0.4, 0.5) is 0 Å². The fourth-order valence-electron chi connectivity index (χ4n) is 3.42. The number of nitrogens with one attached hydrogen (secondary N) is 1. The molecule has 1 aromatic rings. The molecule has 6 nitrogen and oxygen atoms in total. The van der Waals surface area contributed by atoms with Crippen LogP contribution in [-0.2, 0) is 14.3 Å². The number of methoxy groups -OCH3 is 1. The van der Waals surface area contributed by atoms with E-state index in [4.69, 9.17) is 9.47 Å². The van der Waals surface area contributed by atoms with Crippen LogP contribution in [-0.4, -0.2) is 56.2 Å². The number of aryl methyl sites for hydroxylation is 2. The summed E-state index contributed by atoms with van der Waals surface area (Å²) in [5.41, 5.74) is 3.26. The fraction of sp³-hybridized carbons (Fsp3) is 0.619. The lowest BCUT2D eigenvalue weighted by molar-refractivity contribution is -0.137. The summed E-state index contributed by atoms with van der Waals surface area (Å²) in [5.74, 6) is 0.774. The van der Waals surface area contributed by atoms with Crippen molar-refractivity contribution in [1.82, 2.24) is 10.2 Å². The summed E-state index contributed by atoms with van der Waals surface area (Å²) in [7, 11) is 1.62. The summed E-state index contributed by atoms with van der Waals surface area (Å²) < 4.78 is 10.9. The Morgan fingerprint density at radius 1 is 1.19 bits per heavy atom. The highest BCUT2D eigenvalue weighted by molar-refractivity contribution is 5.80. The van der Waals surface area contributed by atoms with Crippen molar-refractivity contribution in [2.24, 2.45) is 5.92 Å². The first-order valence-corrected chi connectivity index (χ1v) is 9.60. The van der Waals surface area contributed by atoms with Crippen LogP contribution in [0.3, 0.4) is 0 Å². The minimum atomic E-state index is -0.0458. The molecule has 150 valence electrons. The van der Waals surface area contributed by atoms with Gasteiger partial charge >= 0.3 is 0 Å². The molecule has 1 N–H and O–H groups in total. The van der Waals surface area contributed by atoms with Crippen molar-refractivity contribution in [3.63, 3.8) is 0 Å². The zero-order valence-corrected chi connectivity index (χ0v) is 17.1. The van der Waals surface area contributed by atoms with Crippen LogP contribution >= 0.6 is 0 Å². The second-order valence-corrected chi connectivity index (χ2v) is 7.46. The van der Waals surface area contributed by atoms with Crippen LogP contribution in [0.1, 0.15) is 36.5 Å². The molecule has 1 saturated heterocycles. The molecule has 0 spiro atoms. The van der Waals surface area contributed by atoms with E-state index in [1.165, 1.54) is 0 Å². The van der Waals surface area contributed by atoms with Crippen molar-refractivity contribution in [1.29, 1.82) is 0 Å². The van der Waals surface area contributed by atoms with Crippen molar-refractivity contribution in [2.45, 2.75) is 46.6 Å². The Hall–Kier alpha value is -2.08. The van der Waals surface area contributed by atoms with E-state index in [1.807, 2.05) is 33.8 Å². The van der Waals surface area contributed by atoms with E-state index in [-0.39, 0.29) is 30.4 Å². The number of piperidine rings is 1. The molecule has 1 aromatic carbocycles. The van der Waals surface area contributed by atoms with Crippen molar-refractivity contribution < 1.29 is 19.1 Å². The number of carbonyl (C=O) groups excluding carboxylic acids is 2. The highest BCUT2D eigenvalue weighted by Crippen LogP contribution is 2.26. The lowest BCUT2D eigenvalue weighted by Crippen LogP contribution is -2.46. The molecule has 0 aliphatic carbocycles. The SMILES string of the molecule is COCC(C)NC(=O)C1CCN(C(=O)COc2c(C)ccc(C)c2C)CC1. The molecule has 1 aliphatic rings. The number of nitrogens with zero attached hydrogens (tertiary/aromatic N) is 1. The molecule has 1 aliphatic heterocycles. The molecule has 1 atom stereocenters. The van der Waals surface area contributed by atoms with Gasteiger partial charge in [-0.25, -0.2) is 0 Å². The zero-order valence-electron chi connectivity index (χ0n) is 17.1. The van der Waals surface area contributed by atoms with Gasteiger partial charge in [-0.3, -0.25) is 9.59 Å². The number of benzene rings is 1. The number of hydrogen-bond acceptors (Lipinski definition) is 4. The molecular weight excluding hydrogens is 344 g/mol. The molecule has 27 heavy (non-hydrogen) atoms.